The van der Waals surface area contributed by atoms with Crippen molar-refractivity contribution >= 4 is 27.5 Å². The molecule has 0 aromatic heterocycles. The van der Waals surface area contributed by atoms with Gasteiger partial charge in [0.25, 0.3) is 0 Å². The highest BCUT2D eigenvalue weighted by atomic mass is 35.5. The summed E-state index contributed by atoms with van der Waals surface area (Å²) in [4.78, 5) is 11.1. The van der Waals surface area contributed by atoms with E-state index in [1.165, 1.54) is 0 Å². The molecule has 1 amide bonds. The van der Waals surface area contributed by atoms with E-state index < -0.39 is 21.7 Å². The molecule has 7 heteroatoms. The number of nitrogens with two attached hydrogens (primary N) is 1. The van der Waals surface area contributed by atoms with Crippen LogP contribution in [0.2, 0.25) is 5.02 Å². The Labute approximate surface area is 98.6 Å². The zero-order chi connectivity index (χ0) is 12.2. The highest BCUT2D eigenvalue weighted by Crippen LogP contribution is 2.08. The summed E-state index contributed by atoms with van der Waals surface area (Å²) in [6.45, 7) is 0.242. The molecule has 1 aromatic carbocycles. The van der Waals surface area contributed by atoms with Gasteiger partial charge in [-0.25, -0.2) is 13.6 Å². The molecule has 88 valence electrons. The van der Waals surface area contributed by atoms with Crippen LogP contribution in [-0.2, 0) is 21.4 Å². The minimum absolute atomic E-state index is 0.242. The lowest BCUT2D eigenvalue weighted by Gasteiger charge is -2.04. The standard InChI is InChI=1S/C9H11ClN2O3S/c10-8-3-1-7(2-4-8)5-12-9(13)6-16(11,14)15/h1-4H,5-6H2,(H,12,13)(H2,11,14,15). The molecular formula is C9H11ClN2O3S. The molecule has 0 heterocycles. The molecule has 0 unspecified atom stereocenters. The van der Waals surface area contributed by atoms with E-state index in [9.17, 15) is 13.2 Å². The Balaban J connectivity index is 2.46. The van der Waals surface area contributed by atoms with Gasteiger partial charge in [0.2, 0.25) is 15.9 Å². The Morgan fingerprint density at radius 2 is 1.88 bits per heavy atom. The van der Waals surface area contributed by atoms with E-state index in [0.29, 0.717) is 5.02 Å². The molecule has 1 rings (SSSR count). The summed E-state index contributed by atoms with van der Waals surface area (Å²) in [5.41, 5.74) is 0.826. The maximum atomic E-state index is 11.1. The first kappa shape index (κ1) is 13.0. The van der Waals surface area contributed by atoms with Crippen LogP contribution in [0.25, 0.3) is 0 Å². The third kappa shape index (κ3) is 5.11. The van der Waals surface area contributed by atoms with Crippen molar-refractivity contribution in [1.82, 2.24) is 5.32 Å². The largest absolute Gasteiger partial charge is 0.351 e. The monoisotopic (exact) mass is 262 g/mol. The van der Waals surface area contributed by atoms with Crippen molar-refractivity contribution < 1.29 is 13.2 Å². The number of benzene rings is 1. The molecule has 0 saturated heterocycles. The van der Waals surface area contributed by atoms with Crippen molar-refractivity contribution in [2.45, 2.75) is 6.54 Å². The lowest BCUT2D eigenvalue weighted by Crippen LogP contribution is -2.32. The number of hydrogen-bond donors (Lipinski definition) is 2. The number of halogens is 1. The Morgan fingerprint density at radius 3 is 2.38 bits per heavy atom. The molecule has 5 nitrogen and oxygen atoms in total. The first-order valence-electron chi connectivity index (χ1n) is 4.38. The Kier molecular flexibility index (Phi) is 4.28. The summed E-state index contributed by atoms with van der Waals surface area (Å²) in [7, 11) is -3.77. The first-order chi connectivity index (χ1) is 7.37. The topological polar surface area (TPSA) is 89.3 Å². The maximum Gasteiger partial charge on any atom is 0.236 e. The van der Waals surface area contributed by atoms with Crippen LogP contribution < -0.4 is 10.5 Å². The summed E-state index contributed by atoms with van der Waals surface area (Å²) >= 11 is 5.68. The highest BCUT2D eigenvalue weighted by Gasteiger charge is 2.10. The van der Waals surface area contributed by atoms with E-state index in [1.54, 1.807) is 24.3 Å². The van der Waals surface area contributed by atoms with Gasteiger partial charge in [0, 0.05) is 11.6 Å². The number of primary sulfonamides is 1. The van der Waals surface area contributed by atoms with E-state index in [2.05, 4.69) is 5.32 Å². The molecule has 0 saturated carbocycles. The lowest BCUT2D eigenvalue weighted by molar-refractivity contribution is -0.118. The number of rotatable bonds is 4. The van der Waals surface area contributed by atoms with Gasteiger partial charge < -0.3 is 5.32 Å². The van der Waals surface area contributed by atoms with Crippen LogP contribution in [0.4, 0.5) is 0 Å². The average Bonchev–Trinajstić information content (AvgIpc) is 2.14. The van der Waals surface area contributed by atoms with Crippen LogP contribution >= 0.6 is 11.6 Å². The normalized spacial score (nSPS) is 11.1. The number of carbonyl (C=O) groups excluding carboxylic acids is 1. The van der Waals surface area contributed by atoms with Gasteiger partial charge >= 0.3 is 0 Å². The quantitative estimate of drug-likeness (QED) is 0.815. The predicted molar refractivity (Wildman–Crippen MR) is 61.3 cm³/mol. The van der Waals surface area contributed by atoms with Crippen LogP contribution in [-0.4, -0.2) is 20.1 Å². The number of sulfonamides is 1. The van der Waals surface area contributed by atoms with E-state index in [1.807, 2.05) is 0 Å². The number of amides is 1. The van der Waals surface area contributed by atoms with Crippen molar-refractivity contribution in [3.8, 4) is 0 Å². The van der Waals surface area contributed by atoms with E-state index in [-0.39, 0.29) is 6.54 Å². The number of hydrogen-bond acceptors (Lipinski definition) is 3. The Morgan fingerprint density at radius 1 is 1.31 bits per heavy atom. The van der Waals surface area contributed by atoms with Crippen LogP contribution in [0.1, 0.15) is 5.56 Å². The summed E-state index contributed by atoms with van der Waals surface area (Å²) in [5, 5.41) is 7.75. The van der Waals surface area contributed by atoms with Gasteiger partial charge in [-0.05, 0) is 17.7 Å². The summed E-state index contributed by atoms with van der Waals surface area (Å²) in [5.74, 6) is -1.34. The van der Waals surface area contributed by atoms with E-state index in [4.69, 9.17) is 16.7 Å². The van der Waals surface area contributed by atoms with Gasteiger partial charge in [0.15, 0.2) is 0 Å². The molecular weight excluding hydrogens is 252 g/mol. The molecule has 0 aliphatic rings. The molecule has 0 aliphatic carbocycles. The van der Waals surface area contributed by atoms with Crippen LogP contribution in [0.5, 0.6) is 0 Å². The zero-order valence-electron chi connectivity index (χ0n) is 8.31. The number of nitrogens with one attached hydrogen (secondary N) is 1. The second-order valence-electron chi connectivity index (χ2n) is 3.21. The Hall–Kier alpha value is -1.11. The third-order valence-electron chi connectivity index (χ3n) is 1.74. The molecule has 0 fully saturated rings. The molecule has 16 heavy (non-hydrogen) atoms. The molecule has 0 atom stereocenters. The van der Waals surface area contributed by atoms with Crippen molar-refractivity contribution in [3.05, 3.63) is 34.9 Å². The maximum absolute atomic E-state index is 11.1. The van der Waals surface area contributed by atoms with Crippen molar-refractivity contribution in [2.24, 2.45) is 5.14 Å². The minimum Gasteiger partial charge on any atom is -0.351 e. The molecule has 0 bridgehead atoms. The van der Waals surface area contributed by atoms with Gasteiger partial charge in [-0.15, -0.1) is 0 Å². The van der Waals surface area contributed by atoms with Gasteiger partial charge in [-0.2, -0.15) is 0 Å². The van der Waals surface area contributed by atoms with Gasteiger partial charge in [-0.1, -0.05) is 23.7 Å². The zero-order valence-corrected chi connectivity index (χ0v) is 9.88. The first-order valence-corrected chi connectivity index (χ1v) is 6.48. The molecule has 3 N–H and O–H groups in total. The van der Waals surface area contributed by atoms with Gasteiger partial charge in [0.05, 0.1) is 0 Å². The highest BCUT2D eigenvalue weighted by molar-refractivity contribution is 7.89. The van der Waals surface area contributed by atoms with Crippen molar-refractivity contribution in [3.63, 3.8) is 0 Å². The van der Waals surface area contributed by atoms with Gasteiger partial charge in [-0.3, -0.25) is 4.79 Å². The second kappa shape index (κ2) is 5.29. The third-order valence-corrected chi connectivity index (χ3v) is 2.65. The summed E-state index contributed by atoms with van der Waals surface area (Å²) < 4.78 is 21.2. The smallest absolute Gasteiger partial charge is 0.236 e. The predicted octanol–water partition coefficient (Wildman–Crippen LogP) is 0.245. The van der Waals surface area contributed by atoms with Crippen molar-refractivity contribution in [2.75, 3.05) is 5.75 Å². The van der Waals surface area contributed by atoms with Crippen molar-refractivity contribution in [1.29, 1.82) is 0 Å². The lowest BCUT2D eigenvalue weighted by atomic mass is 10.2. The van der Waals surface area contributed by atoms with Gasteiger partial charge in [0.1, 0.15) is 5.75 Å². The second-order valence-corrected chi connectivity index (χ2v) is 5.26. The van der Waals surface area contributed by atoms with Crippen LogP contribution in [0.15, 0.2) is 24.3 Å². The fraction of sp³-hybridized carbons (Fsp3) is 0.222. The summed E-state index contributed by atoms with van der Waals surface area (Å²) in [6, 6.07) is 6.84. The average molecular weight is 263 g/mol. The molecule has 0 aliphatic heterocycles. The summed E-state index contributed by atoms with van der Waals surface area (Å²) in [6.07, 6.45) is 0. The SMILES string of the molecule is NS(=O)(=O)CC(=O)NCc1ccc(Cl)cc1. The minimum atomic E-state index is -3.77. The fourth-order valence-corrected chi connectivity index (χ4v) is 1.63. The van der Waals surface area contributed by atoms with E-state index >= 15 is 0 Å². The number of carbonyl (C=O) groups is 1. The van der Waals surface area contributed by atoms with Crippen LogP contribution in [0.3, 0.4) is 0 Å². The molecule has 1 aromatic rings. The van der Waals surface area contributed by atoms with Crippen LogP contribution in [0, 0.1) is 0 Å². The molecule has 0 spiro atoms. The Bertz CT molecular complexity index is 470. The molecule has 0 radical (unpaired) electrons. The fourth-order valence-electron chi connectivity index (χ4n) is 1.04. The van der Waals surface area contributed by atoms with E-state index in [0.717, 1.165) is 5.56 Å².